The number of aryl methyl sites for hydroxylation is 1. The summed E-state index contributed by atoms with van der Waals surface area (Å²) in [5.74, 6) is 1.06. The zero-order chi connectivity index (χ0) is 13.2. The van der Waals surface area contributed by atoms with E-state index >= 15 is 0 Å². The van der Waals surface area contributed by atoms with E-state index in [0.29, 0.717) is 0 Å². The fraction of sp³-hybridized carbons (Fsp3) is 0.250. The van der Waals surface area contributed by atoms with Crippen molar-refractivity contribution in [3.8, 4) is 11.5 Å². The molecular formula is C16H17NO2. The first-order valence-corrected chi connectivity index (χ1v) is 6.50. The van der Waals surface area contributed by atoms with Crippen LogP contribution < -0.4 is 10.1 Å². The van der Waals surface area contributed by atoms with Crippen LogP contribution in [0, 0.1) is 6.92 Å². The van der Waals surface area contributed by atoms with Gasteiger partial charge in [-0.25, -0.2) is 0 Å². The van der Waals surface area contributed by atoms with E-state index < -0.39 is 0 Å². The van der Waals surface area contributed by atoms with E-state index in [1.807, 2.05) is 0 Å². The molecule has 3 rings (SSSR count). The van der Waals surface area contributed by atoms with E-state index in [1.54, 1.807) is 18.2 Å². The molecule has 3 nitrogen and oxygen atoms in total. The van der Waals surface area contributed by atoms with Crippen molar-refractivity contribution in [2.45, 2.75) is 19.4 Å². The predicted molar refractivity (Wildman–Crippen MR) is 75.9 cm³/mol. The summed E-state index contributed by atoms with van der Waals surface area (Å²) in [5, 5.41) is 12.7. The van der Waals surface area contributed by atoms with Crippen LogP contribution in [0.3, 0.4) is 0 Å². The molecule has 0 aliphatic carbocycles. The topological polar surface area (TPSA) is 41.5 Å². The molecule has 1 atom stereocenters. The summed E-state index contributed by atoms with van der Waals surface area (Å²) in [7, 11) is 0. The zero-order valence-electron chi connectivity index (χ0n) is 10.9. The third kappa shape index (κ3) is 2.65. The molecule has 1 unspecified atom stereocenters. The maximum Gasteiger partial charge on any atom is 0.143 e. The van der Waals surface area contributed by atoms with Gasteiger partial charge in [-0.15, -0.1) is 0 Å². The van der Waals surface area contributed by atoms with Gasteiger partial charge in [-0.3, -0.25) is 0 Å². The lowest BCUT2D eigenvalue weighted by Crippen LogP contribution is -2.32. The minimum atomic E-state index is 0.125. The number of phenolic OH excluding ortho intramolecular Hbond substituents is 1. The molecule has 0 bridgehead atoms. The molecule has 1 aliphatic heterocycles. The van der Waals surface area contributed by atoms with E-state index in [-0.39, 0.29) is 11.9 Å². The first-order valence-electron chi connectivity index (χ1n) is 6.50. The molecule has 19 heavy (non-hydrogen) atoms. The number of rotatable bonds is 2. The zero-order valence-corrected chi connectivity index (χ0v) is 10.9. The molecule has 2 aromatic carbocycles. The van der Waals surface area contributed by atoms with Crippen LogP contribution >= 0.6 is 0 Å². The van der Waals surface area contributed by atoms with Crippen molar-refractivity contribution in [1.29, 1.82) is 0 Å². The van der Waals surface area contributed by atoms with E-state index in [2.05, 4.69) is 36.5 Å². The van der Waals surface area contributed by atoms with Gasteiger partial charge in [0.2, 0.25) is 0 Å². The van der Waals surface area contributed by atoms with Gasteiger partial charge in [-0.1, -0.05) is 29.8 Å². The van der Waals surface area contributed by atoms with Crippen molar-refractivity contribution in [2.75, 3.05) is 11.9 Å². The second-order valence-electron chi connectivity index (χ2n) is 4.99. The van der Waals surface area contributed by atoms with Crippen molar-refractivity contribution in [1.82, 2.24) is 0 Å². The average Bonchev–Trinajstić information content (AvgIpc) is 2.42. The van der Waals surface area contributed by atoms with Gasteiger partial charge in [0, 0.05) is 12.5 Å². The minimum absolute atomic E-state index is 0.125. The Kier molecular flexibility index (Phi) is 3.03. The number of phenols is 1. The Balaban J connectivity index is 1.72. The number of aromatic hydroxyl groups is 1. The molecular weight excluding hydrogens is 238 g/mol. The summed E-state index contributed by atoms with van der Waals surface area (Å²) in [6.07, 6.45) is 1.01. The van der Waals surface area contributed by atoms with E-state index in [4.69, 9.17) is 4.74 Å². The van der Waals surface area contributed by atoms with E-state index in [9.17, 15) is 5.11 Å². The number of ether oxygens (including phenoxy) is 1. The summed E-state index contributed by atoms with van der Waals surface area (Å²) in [6, 6.07) is 13.7. The fourth-order valence-corrected chi connectivity index (χ4v) is 2.30. The summed E-state index contributed by atoms with van der Waals surface area (Å²) in [4.78, 5) is 0. The Morgan fingerprint density at radius 2 is 2.00 bits per heavy atom. The second kappa shape index (κ2) is 4.84. The monoisotopic (exact) mass is 255 g/mol. The standard InChI is InChI=1S/C16H17NO2/c1-11-2-4-12(5-3-11)8-14-10-17-15-9-13(18)6-7-16(15)19-14/h2-7,9,14,17-18H,8,10H2,1H3. The number of hydrogen-bond donors (Lipinski definition) is 2. The van der Waals surface area contributed by atoms with Crippen molar-refractivity contribution in [3.63, 3.8) is 0 Å². The van der Waals surface area contributed by atoms with Crippen LogP contribution in [0.25, 0.3) is 0 Å². The maximum absolute atomic E-state index is 9.42. The summed E-state index contributed by atoms with van der Waals surface area (Å²) >= 11 is 0. The second-order valence-corrected chi connectivity index (χ2v) is 4.99. The van der Waals surface area contributed by atoms with Crippen LogP contribution in [0.5, 0.6) is 11.5 Å². The molecule has 0 saturated carbocycles. The lowest BCUT2D eigenvalue weighted by Gasteiger charge is -2.27. The van der Waals surface area contributed by atoms with Crippen LogP contribution in [-0.2, 0) is 6.42 Å². The third-order valence-electron chi connectivity index (χ3n) is 3.36. The molecule has 1 aliphatic rings. The molecule has 2 N–H and O–H groups in total. The highest BCUT2D eigenvalue weighted by molar-refractivity contribution is 5.60. The Hall–Kier alpha value is -2.16. The largest absolute Gasteiger partial charge is 0.508 e. The van der Waals surface area contributed by atoms with Gasteiger partial charge in [0.1, 0.15) is 17.6 Å². The number of hydrogen-bond acceptors (Lipinski definition) is 3. The van der Waals surface area contributed by atoms with Gasteiger partial charge in [0.15, 0.2) is 0 Å². The Morgan fingerprint density at radius 3 is 2.79 bits per heavy atom. The Bertz CT molecular complexity index is 578. The van der Waals surface area contributed by atoms with Gasteiger partial charge in [-0.2, -0.15) is 0 Å². The fourth-order valence-electron chi connectivity index (χ4n) is 2.30. The van der Waals surface area contributed by atoms with Gasteiger partial charge >= 0.3 is 0 Å². The van der Waals surface area contributed by atoms with Gasteiger partial charge in [0.05, 0.1) is 12.2 Å². The summed E-state index contributed by atoms with van der Waals surface area (Å²) in [6.45, 7) is 2.84. The number of benzene rings is 2. The summed E-state index contributed by atoms with van der Waals surface area (Å²) < 4.78 is 5.95. The van der Waals surface area contributed by atoms with Crippen molar-refractivity contribution in [3.05, 3.63) is 53.6 Å². The molecule has 0 saturated heterocycles. The van der Waals surface area contributed by atoms with Gasteiger partial charge in [-0.05, 0) is 24.6 Å². The average molecular weight is 255 g/mol. The highest BCUT2D eigenvalue weighted by Crippen LogP contribution is 2.32. The van der Waals surface area contributed by atoms with Crippen LogP contribution in [0.15, 0.2) is 42.5 Å². The van der Waals surface area contributed by atoms with Crippen molar-refractivity contribution < 1.29 is 9.84 Å². The minimum Gasteiger partial charge on any atom is -0.508 e. The number of nitrogens with one attached hydrogen (secondary N) is 1. The smallest absolute Gasteiger partial charge is 0.143 e. The molecule has 1 heterocycles. The van der Waals surface area contributed by atoms with Crippen LogP contribution in [0.2, 0.25) is 0 Å². The Morgan fingerprint density at radius 1 is 1.21 bits per heavy atom. The number of anilines is 1. The molecule has 0 radical (unpaired) electrons. The Labute approximate surface area is 112 Å². The predicted octanol–water partition coefficient (Wildman–Crippen LogP) is 3.12. The van der Waals surface area contributed by atoms with Crippen LogP contribution in [-0.4, -0.2) is 17.8 Å². The number of fused-ring (bicyclic) bond motifs is 1. The third-order valence-corrected chi connectivity index (χ3v) is 3.36. The van der Waals surface area contributed by atoms with Gasteiger partial charge < -0.3 is 15.2 Å². The lowest BCUT2D eigenvalue weighted by molar-refractivity contribution is 0.206. The highest BCUT2D eigenvalue weighted by atomic mass is 16.5. The molecule has 98 valence electrons. The normalized spacial score (nSPS) is 17.2. The molecule has 0 spiro atoms. The van der Waals surface area contributed by atoms with Crippen LogP contribution in [0.4, 0.5) is 5.69 Å². The lowest BCUT2D eigenvalue weighted by atomic mass is 10.0. The van der Waals surface area contributed by atoms with Crippen LogP contribution in [0.1, 0.15) is 11.1 Å². The first kappa shape index (κ1) is 11.9. The molecule has 0 fully saturated rings. The molecule has 2 aromatic rings. The molecule has 0 aromatic heterocycles. The first-order chi connectivity index (χ1) is 9.20. The highest BCUT2D eigenvalue weighted by Gasteiger charge is 2.19. The van der Waals surface area contributed by atoms with Crippen molar-refractivity contribution in [2.24, 2.45) is 0 Å². The molecule has 0 amide bonds. The maximum atomic E-state index is 9.42. The van der Waals surface area contributed by atoms with Crippen molar-refractivity contribution >= 4 is 5.69 Å². The van der Waals surface area contributed by atoms with Gasteiger partial charge in [0.25, 0.3) is 0 Å². The van der Waals surface area contributed by atoms with E-state index in [1.165, 1.54) is 11.1 Å². The SMILES string of the molecule is Cc1ccc(CC2CNc3cc(O)ccc3O2)cc1. The van der Waals surface area contributed by atoms with E-state index in [0.717, 1.165) is 24.4 Å². The molecule has 3 heteroatoms. The quantitative estimate of drug-likeness (QED) is 0.866. The summed E-state index contributed by atoms with van der Waals surface area (Å²) in [5.41, 5.74) is 3.41.